The maximum Gasteiger partial charge on any atom is 0.190 e. The van der Waals surface area contributed by atoms with Crippen molar-refractivity contribution < 1.29 is 18.3 Å². The molecule has 1 heterocycles. The minimum atomic E-state index is -0.681. The fraction of sp³-hybridized carbons (Fsp3) is 0.625. The molecule has 0 spiro atoms. The molecule has 3 nitrogen and oxygen atoms in total. The van der Waals surface area contributed by atoms with Crippen molar-refractivity contribution in [2.45, 2.75) is 57.8 Å². The van der Waals surface area contributed by atoms with Crippen molar-refractivity contribution in [3.05, 3.63) is 29.3 Å². The highest BCUT2D eigenvalue weighted by molar-refractivity contribution is 5.31. The number of rotatable bonds is 6. The van der Waals surface area contributed by atoms with Crippen LogP contribution in [-0.2, 0) is 11.2 Å². The van der Waals surface area contributed by atoms with Gasteiger partial charge in [-0.25, -0.2) is 8.78 Å². The number of hydrogen-bond donors (Lipinski definition) is 1. The van der Waals surface area contributed by atoms with Gasteiger partial charge in [-0.15, -0.1) is 0 Å². The maximum absolute atomic E-state index is 14.0. The third-order valence-corrected chi connectivity index (χ3v) is 3.81. The molecule has 0 bridgehead atoms. The van der Waals surface area contributed by atoms with E-state index in [2.05, 4.69) is 0 Å². The molecule has 2 N–H and O–H groups in total. The molecule has 0 amide bonds. The molecule has 0 saturated carbocycles. The van der Waals surface area contributed by atoms with Crippen LogP contribution in [0.4, 0.5) is 8.78 Å². The van der Waals surface area contributed by atoms with Gasteiger partial charge < -0.3 is 15.2 Å². The number of halogens is 2. The van der Waals surface area contributed by atoms with E-state index < -0.39 is 11.6 Å². The molecule has 5 heteroatoms. The van der Waals surface area contributed by atoms with Crippen molar-refractivity contribution in [2.24, 2.45) is 5.73 Å². The van der Waals surface area contributed by atoms with Crippen LogP contribution in [0.5, 0.6) is 5.75 Å². The van der Waals surface area contributed by atoms with Gasteiger partial charge in [-0.1, -0.05) is 6.92 Å². The summed E-state index contributed by atoms with van der Waals surface area (Å²) in [5.41, 5.74) is 6.36. The lowest BCUT2D eigenvalue weighted by Gasteiger charge is -2.15. The highest BCUT2D eigenvalue weighted by Gasteiger charge is 2.23. The molecule has 2 rings (SSSR count). The summed E-state index contributed by atoms with van der Waals surface area (Å²) in [4.78, 5) is 0. The lowest BCUT2D eigenvalue weighted by molar-refractivity contribution is 0.0247. The Labute approximate surface area is 124 Å². The monoisotopic (exact) mass is 299 g/mol. The third kappa shape index (κ3) is 4.38. The highest BCUT2D eigenvalue weighted by Crippen LogP contribution is 2.26. The third-order valence-electron chi connectivity index (χ3n) is 3.81. The summed E-state index contributed by atoms with van der Waals surface area (Å²) in [5, 5.41) is 0. The normalized spacial score (nSPS) is 23.3. The first-order valence-corrected chi connectivity index (χ1v) is 7.51. The zero-order valence-corrected chi connectivity index (χ0v) is 12.6. The molecular formula is C16H23F2NO2. The molecule has 118 valence electrons. The van der Waals surface area contributed by atoms with E-state index in [1.807, 2.05) is 13.8 Å². The van der Waals surface area contributed by atoms with Crippen molar-refractivity contribution in [3.8, 4) is 5.75 Å². The van der Waals surface area contributed by atoms with Gasteiger partial charge in [0.1, 0.15) is 6.61 Å². The Morgan fingerprint density at radius 1 is 1.33 bits per heavy atom. The van der Waals surface area contributed by atoms with Crippen LogP contribution >= 0.6 is 0 Å². The fourth-order valence-electron chi connectivity index (χ4n) is 2.50. The average molecular weight is 299 g/mol. The van der Waals surface area contributed by atoms with Crippen LogP contribution in [0, 0.1) is 11.6 Å². The Morgan fingerprint density at radius 2 is 2.00 bits per heavy atom. The molecule has 21 heavy (non-hydrogen) atoms. The minimum Gasteiger partial charge on any atom is -0.485 e. The molecule has 1 aromatic carbocycles. The Kier molecular flexibility index (Phi) is 5.53. The van der Waals surface area contributed by atoms with Gasteiger partial charge in [-0.05, 0) is 50.3 Å². The van der Waals surface area contributed by atoms with Crippen LogP contribution in [0.1, 0.15) is 38.7 Å². The molecule has 1 aliphatic rings. The molecule has 1 fully saturated rings. The predicted octanol–water partition coefficient (Wildman–Crippen LogP) is 3.19. The Morgan fingerprint density at radius 3 is 2.52 bits per heavy atom. The van der Waals surface area contributed by atoms with E-state index in [1.165, 1.54) is 12.1 Å². The van der Waals surface area contributed by atoms with Gasteiger partial charge in [-0.2, -0.15) is 0 Å². The molecule has 3 unspecified atom stereocenters. The lowest BCUT2D eigenvalue weighted by Crippen LogP contribution is -2.22. The van der Waals surface area contributed by atoms with Crippen molar-refractivity contribution in [3.63, 3.8) is 0 Å². The number of nitrogens with two attached hydrogens (primary N) is 1. The van der Waals surface area contributed by atoms with Crippen LogP contribution in [0.15, 0.2) is 12.1 Å². The number of ether oxygens (including phenoxy) is 2. The zero-order chi connectivity index (χ0) is 15.4. The van der Waals surface area contributed by atoms with E-state index in [4.69, 9.17) is 15.2 Å². The molecule has 0 aliphatic carbocycles. The van der Waals surface area contributed by atoms with Gasteiger partial charge in [0.15, 0.2) is 17.4 Å². The molecule has 0 aromatic heterocycles. The SMILES string of the molecule is CCC(N)Cc1cc(F)c(OCC2CCC(C)O2)c(F)c1. The summed E-state index contributed by atoms with van der Waals surface area (Å²) in [6.45, 7) is 4.09. The second kappa shape index (κ2) is 7.18. The van der Waals surface area contributed by atoms with Crippen molar-refractivity contribution in [1.82, 2.24) is 0 Å². The summed E-state index contributed by atoms with van der Waals surface area (Å²) < 4.78 is 38.8. The van der Waals surface area contributed by atoms with E-state index >= 15 is 0 Å². The molecule has 3 atom stereocenters. The predicted molar refractivity (Wildman–Crippen MR) is 77.4 cm³/mol. The first-order chi connectivity index (χ1) is 9.99. The van der Waals surface area contributed by atoms with E-state index in [9.17, 15) is 8.78 Å². The van der Waals surface area contributed by atoms with Gasteiger partial charge in [0.2, 0.25) is 0 Å². The molecule has 1 aromatic rings. The van der Waals surface area contributed by atoms with E-state index in [-0.39, 0.29) is 30.6 Å². The second-order valence-corrected chi connectivity index (χ2v) is 5.72. The van der Waals surface area contributed by atoms with Crippen LogP contribution < -0.4 is 10.5 Å². The topological polar surface area (TPSA) is 44.5 Å². The van der Waals surface area contributed by atoms with Crippen LogP contribution in [-0.4, -0.2) is 24.9 Å². The second-order valence-electron chi connectivity index (χ2n) is 5.72. The summed E-state index contributed by atoms with van der Waals surface area (Å²) in [7, 11) is 0. The van der Waals surface area contributed by atoms with Gasteiger partial charge in [0.25, 0.3) is 0 Å². The zero-order valence-electron chi connectivity index (χ0n) is 12.6. The highest BCUT2D eigenvalue weighted by atomic mass is 19.1. The molecular weight excluding hydrogens is 276 g/mol. The first-order valence-electron chi connectivity index (χ1n) is 7.51. The Hall–Kier alpha value is -1.20. The molecule has 1 saturated heterocycles. The summed E-state index contributed by atoms with van der Waals surface area (Å²) in [6.07, 6.45) is 3.12. The van der Waals surface area contributed by atoms with Crippen molar-refractivity contribution in [2.75, 3.05) is 6.61 Å². The summed E-state index contributed by atoms with van der Waals surface area (Å²) in [6, 6.07) is 2.50. The molecule has 1 aliphatic heterocycles. The van der Waals surface area contributed by atoms with Crippen LogP contribution in [0.2, 0.25) is 0 Å². The number of hydrogen-bond acceptors (Lipinski definition) is 3. The maximum atomic E-state index is 14.0. The Bertz CT molecular complexity index is 458. The van der Waals surface area contributed by atoms with E-state index in [0.717, 1.165) is 19.3 Å². The molecule has 0 radical (unpaired) electrons. The minimum absolute atomic E-state index is 0.0907. The van der Waals surface area contributed by atoms with Gasteiger partial charge >= 0.3 is 0 Å². The van der Waals surface area contributed by atoms with Gasteiger partial charge in [0, 0.05) is 6.04 Å². The number of benzene rings is 1. The van der Waals surface area contributed by atoms with Crippen LogP contribution in [0.25, 0.3) is 0 Å². The van der Waals surface area contributed by atoms with E-state index in [0.29, 0.717) is 12.0 Å². The summed E-state index contributed by atoms with van der Waals surface area (Å²) >= 11 is 0. The van der Waals surface area contributed by atoms with Crippen molar-refractivity contribution >= 4 is 0 Å². The standard InChI is InChI=1S/C16H23F2NO2/c1-3-12(19)6-11-7-14(17)16(15(18)8-11)20-9-13-5-4-10(2)21-13/h7-8,10,12-13H,3-6,9,19H2,1-2H3. The Balaban J connectivity index is 1.99. The van der Waals surface area contributed by atoms with Crippen molar-refractivity contribution in [1.29, 1.82) is 0 Å². The lowest BCUT2D eigenvalue weighted by atomic mass is 10.0. The quantitative estimate of drug-likeness (QED) is 0.877. The van der Waals surface area contributed by atoms with Gasteiger partial charge in [0.05, 0.1) is 12.2 Å². The first kappa shape index (κ1) is 16.2. The fourth-order valence-corrected chi connectivity index (χ4v) is 2.50. The summed E-state index contributed by atoms with van der Waals surface area (Å²) in [5.74, 6) is -1.69. The van der Waals surface area contributed by atoms with Gasteiger partial charge in [-0.3, -0.25) is 0 Å². The average Bonchev–Trinajstić information content (AvgIpc) is 2.83. The van der Waals surface area contributed by atoms with E-state index in [1.54, 1.807) is 0 Å². The largest absolute Gasteiger partial charge is 0.485 e. The smallest absolute Gasteiger partial charge is 0.190 e. The van der Waals surface area contributed by atoms with Crippen LogP contribution in [0.3, 0.4) is 0 Å².